The first-order valence-corrected chi connectivity index (χ1v) is 11.9. The summed E-state index contributed by atoms with van der Waals surface area (Å²) in [5, 5.41) is 11.9. The minimum Gasteiger partial charge on any atom is -0.481 e. The summed E-state index contributed by atoms with van der Waals surface area (Å²) in [6.45, 7) is 2.17. The SMILES string of the molecule is CC(CCCC(=O)N(C)C1CC(C(=O)O)C1)NC(=O)OCC1c2ccccc2-c2ccccc21. The highest BCUT2D eigenvalue weighted by molar-refractivity contribution is 5.79. The Bertz CT molecular complexity index is 1020. The van der Waals surface area contributed by atoms with Gasteiger partial charge in [0, 0.05) is 31.5 Å². The number of carboxylic acids is 1. The highest BCUT2D eigenvalue weighted by Gasteiger charge is 2.38. The molecule has 2 aromatic rings. The number of carbonyl (C=O) groups is 3. The molecule has 1 fully saturated rings. The van der Waals surface area contributed by atoms with Crippen LogP contribution >= 0.6 is 0 Å². The average Bonchev–Trinajstić information content (AvgIpc) is 3.10. The number of aliphatic carboxylic acids is 1. The molecule has 0 aliphatic heterocycles. The van der Waals surface area contributed by atoms with Crippen LogP contribution in [0.4, 0.5) is 4.79 Å². The second kappa shape index (κ2) is 10.3. The van der Waals surface area contributed by atoms with Crippen LogP contribution in [-0.2, 0) is 14.3 Å². The van der Waals surface area contributed by atoms with Crippen LogP contribution in [0.25, 0.3) is 11.1 Å². The van der Waals surface area contributed by atoms with Crippen molar-refractivity contribution in [3.05, 3.63) is 59.7 Å². The number of alkyl carbamates (subject to hydrolysis) is 1. The van der Waals surface area contributed by atoms with Crippen LogP contribution in [0.5, 0.6) is 0 Å². The first-order chi connectivity index (χ1) is 16.3. The van der Waals surface area contributed by atoms with Gasteiger partial charge in [-0.1, -0.05) is 48.5 Å². The molecule has 0 bridgehead atoms. The molecular formula is C27H32N2O5. The summed E-state index contributed by atoms with van der Waals surface area (Å²) in [6.07, 6.45) is 2.28. The topological polar surface area (TPSA) is 95.9 Å². The molecular weight excluding hydrogens is 432 g/mol. The molecule has 1 atom stereocenters. The zero-order valence-corrected chi connectivity index (χ0v) is 19.7. The molecule has 7 heteroatoms. The molecule has 2 amide bonds. The van der Waals surface area contributed by atoms with Crippen LogP contribution < -0.4 is 5.32 Å². The molecule has 2 aliphatic carbocycles. The van der Waals surface area contributed by atoms with E-state index in [1.165, 1.54) is 22.3 Å². The van der Waals surface area contributed by atoms with Crippen LogP contribution in [0.15, 0.2) is 48.5 Å². The second-order valence-electron chi connectivity index (χ2n) is 9.43. The number of carbonyl (C=O) groups excluding carboxylic acids is 2. The van der Waals surface area contributed by atoms with Crippen molar-refractivity contribution in [1.29, 1.82) is 0 Å². The maximum absolute atomic E-state index is 12.4. The standard InChI is InChI=1S/C27H32N2O5/c1-17(8-7-13-25(30)29(2)19-14-18(15-19)26(31)32)28-27(33)34-16-24-22-11-5-3-9-20(22)21-10-4-6-12-23(21)24/h3-6,9-12,17-19,24H,7-8,13-16H2,1-2H3,(H,28,33)(H,31,32). The number of fused-ring (bicyclic) bond motifs is 3. The molecule has 2 aliphatic rings. The van der Waals surface area contributed by atoms with E-state index in [0.29, 0.717) is 32.1 Å². The maximum atomic E-state index is 12.4. The lowest BCUT2D eigenvalue weighted by atomic mass is 9.79. The van der Waals surface area contributed by atoms with Gasteiger partial charge in [-0.15, -0.1) is 0 Å². The fraction of sp³-hybridized carbons (Fsp3) is 0.444. The number of rotatable bonds is 9. The predicted octanol–water partition coefficient (Wildman–Crippen LogP) is 4.41. The van der Waals surface area contributed by atoms with Crippen LogP contribution in [0.2, 0.25) is 0 Å². The van der Waals surface area contributed by atoms with Crippen molar-refractivity contribution in [2.24, 2.45) is 5.92 Å². The Hall–Kier alpha value is -3.35. The number of amides is 2. The number of hydrogen-bond acceptors (Lipinski definition) is 4. The molecule has 34 heavy (non-hydrogen) atoms. The predicted molar refractivity (Wildman–Crippen MR) is 128 cm³/mol. The molecule has 2 N–H and O–H groups in total. The molecule has 0 aromatic heterocycles. The number of carboxylic acid groups (broad SMARTS) is 1. The van der Waals surface area contributed by atoms with Crippen molar-refractivity contribution < 1.29 is 24.2 Å². The van der Waals surface area contributed by atoms with E-state index in [-0.39, 0.29) is 36.4 Å². The Labute approximate surface area is 200 Å². The van der Waals surface area contributed by atoms with Gasteiger partial charge in [0.25, 0.3) is 0 Å². The average molecular weight is 465 g/mol. The van der Waals surface area contributed by atoms with Gasteiger partial charge in [-0.3, -0.25) is 9.59 Å². The van der Waals surface area contributed by atoms with Crippen molar-refractivity contribution in [1.82, 2.24) is 10.2 Å². The Balaban J connectivity index is 1.19. The van der Waals surface area contributed by atoms with Crippen LogP contribution in [0, 0.1) is 5.92 Å². The Morgan fingerprint density at radius 1 is 1.06 bits per heavy atom. The maximum Gasteiger partial charge on any atom is 0.407 e. The van der Waals surface area contributed by atoms with E-state index in [2.05, 4.69) is 29.6 Å². The first kappa shape index (κ1) is 23.8. The number of nitrogens with one attached hydrogen (secondary N) is 1. The summed E-state index contributed by atoms with van der Waals surface area (Å²) in [7, 11) is 1.74. The van der Waals surface area contributed by atoms with Crippen LogP contribution in [-0.4, -0.2) is 53.7 Å². The van der Waals surface area contributed by atoms with Crippen LogP contribution in [0.3, 0.4) is 0 Å². The van der Waals surface area contributed by atoms with Crippen molar-refractivity contribution in [2.75, 3.05) is 13.7 Å². The quantitative estimate of drug-likeness (QED) is 0.573. The highest BCUT2D eigenvalue weighted by atomic mass is 16.5. The summed E-state index contributed by atoms with van der Waals surface area (Å²) < 4.78 is 5.59. The summed E-state index contributed by atoms with van der Waals surface area (Å²) >= 11 is 0. The van der Waals surface area contributed by atoms with E-state index in [0.717, 1.165) is 0 Å². The van der Waals surface area contributed by atoms with E-state index < -0.39 is 12.1 Å². The van der Waals surface area contributed by atoms with Gasteiger partial charge in [-0.05, 0) is 54.9 Å². The number of nitrogens with zero attached hydrogens (tertiary/aromatic N) is 1. The van der Waals surface area contributed by atoms with Crippen molar-refractivity contribution >= 4 is 18.0 Å². The van der Waals surface area contributed by atoms with Gasteiger partial charge in [0.2, 0.25) is 5.91 Å². The smallest absolute Gasteiger partial charge is 0.407 e. The van der Waals surface area contributed by atoms with E-state index in [1.807, 2.05) is 31.2 Å². The Kier molecular flexibility index (Phi) is 7.20. The number of benzene rings is 2. The minimum atomic E-state index is -0.787. The first-order valence-electron chi connectivity index (χ1n) is 11.9. The summed E-state index contributed by atoms with van der Waals surface area (Å²) in [5.41, 5.74) is 4.73. The largest absolute Gasteiger partial charge is 0.481 e. The summed E-state index contributed by atoms with van der Waals surface area (Å²) in [5.74, 6) is -1.08. The third-order valence-corrected chi connectivity index (χ3v) is 7.14. The summed E-state index contributed by atoms with van der Waals surface area (Å²) in [4.78, 5) is 37.4. The van der Waals surface area contributed by atoms with Crippen molar-refractivity contribution in [3.63, 3.8) is 0 Å². The van der Waals surface area contributed by atoms with Gasteiger partial charge in [-0.25, -0.2) is 4.79 Å². The molecule has 0 heterocycles. The molecule has 180 valence electrons. The lowest BCUT2D eigenvalue weighted by Crippen LogP contribution is -2.47. The Morgan fingerprint density at radius 3 is 2.24 bits per heavy atom. The van der Waals surface area contributed by atoms with Crippen LogP contribution in [0.1, 0.15) is 56.1 Å². The molecule has 2 aromatic carbocycles. The van der Waals surface area contributed by atoms with Gasteiger partial charge in [0.1, 0.15) is 6.61 Å². The molecule has 0 spiro atoms. The normalized spacial score (nSPS) is 19.4. The molecule has 7 nitrogen and oxygen atoms in total. The van der Waals surface area contributed by atoms with Gasteiger partial charge >= 0.3 is 12.1 Å². The van der Waals surface area contributed by atoms with E-state index in [4.69, 9.17) is 9.84 Å². The zero-order chi connectivity index (χ0) is 24.2. The molecule has 0 saturated heterocycles. The monoisotopic (exact) mass is 464 g/mol. The zero-order valence-electron chi connectivity index (χ0n) is 19.7. The van der Waals surface area contributed by atoms with E-state index in [1.54, 1.807) is 11.9 Å². The minimum absolute atomic E-state index is 0.0159. The highest BCUT2D eigenvalue weighted by Crippen LogP contribution is 2.44. The fourth-order valence-corrected chi connectivity index (χ4v) is 4.96. The number of ether oxygens (including phenoxy) is 1. The van der Waals surface area contributed by atoms with E-state index in [9.17, 15) is 14.4 Å². The lowest BCUT2D eigenvalue weighted by Gasteiger charge is -2.39. The second-order valence-corrected chi connectivity index (χ2v) is 9.43. The molecule has 0 radical (unpaired) electrons. The molecule has 1 saturated carbocycles. The molecule has 4 rings (SSSR count). The fourth-order valence-electron chi connectivity index (χ4n) is 4.96. The van der Waals surface area contributed by atoms with Gasteiger partial charge in [0.15, 0.2) is 0 Å². The lowest BCUT2D eigenvalue weighted by molar-refractivity contribution is -0.150. The Morgan fingerprint density at radius 2 is 1.65 bits per heavy atom. The van der Waals surface area contributed by atoms with Gasteiger partial charge in [0.05, 0.1) is 5.92 Å². The van der Waals surface area contributed by atoms with Crippen molar-refractivity contribution in [2.45, 2.75) is 57.0 Å². The van der Waals surface area contributed by atoms with E-state index >= 15 is 0 Å². The summed E-state index contributed by atoms with van der Waals surface area (Å²) in [6, 6.07) is 16.3. The van der Waals surface area contributed by atoms with Gasteiger partial charge in [-0.2, -0.15) is 0 Å². The third kappa shape index (κ3) is 5.08. The van der Waals surface area contributed by atoms with Gasteiger partial charge < -0.3 is 20.1 Å². The van der Waals surface area contributed by atoms with Crippen molar-refractivity contribution in [3.8, 4) is 11.1 Å². The number of hydrogen-bond donors (Lipinski definition) is 2. The third-order valence-electron chi connectivity index (χ3n) is 7.14. The molecule has 1 unspecified atom stereocenters.